The van der Waals surface area contributed by atoms with Gasteiger partial charge in [0, 0.05) is 12.1 Å². The topological polar surface area (TPSA) is 38.1 Å². The second-order valence-electron chi connectivity index (χ2n) is 4.95. The van der Waals surface area contributed by atoms with Crippen LogP contribution in [0.3, 0.4) is 0 Å². The van der Waals surface area contributed by atoms with Crippen molar-refractivity contribution in [1.29, 1.82) is 0 Å². The molecule has 2 atom stereocenters. The largest absolute Gasteiger partial charge is 0.356 e. The number of aromatic nitrogens is 1. The molecule has 1 aliphatic heterocycles. The van der Waals surface area contributed by atoms with Gasteiger partial charge in [0.2, 0.25) is 0 Å². The molecule has 0 aromatic carbocycles. The summed E-state index contributed by atoms with van der Waals surface area (Å²) in [5.41, 5.74) is 2.30. The summed E-state index contributed by atoms with van der Waals surface area (Å²) in [7, 11) is 0. The Balaban J connectivity index is 1.84. The Morgan fingerprint density at radius 1 is 1.44 bits per heavy atom. The molecule has 2 aliphatic rings. The summed E-state index contributed by atoms with van der Waals surface area (Å²) in [4.78, 5) is 0. The van der Waals surface area contributed by atoms with Crippen LogP contribution in [-0.4, -0.2) is 17.7 Å². The molecule has 1 aromatic heterocycles. The van der Waals surface area contributed by atoms with E-state index < -0.39 is 0 Å². The van der Waals surface area contributed by atoms with Gasteiger partial charge in [-0.25, -0.2) is 0 Å². The minimum atomic E-state index is 0.558. The first-order chi connectivity index (χ1) is 7.83. The van der Waals surface area contributed by atoms with Crippen molar-refractivity contribution in [2.75, 3.05) is 6.54 Å². The first-order valence-electron chi connectivity index (χ1n) is 6.21. The minimum Gasteiger partial charge on any atom is -0.356 e. The van der Waals surface area contributed by atoms with Crippen molar-refractivity contribution in [2.45, 2.75) is 38.6 Å². The van der Waals surface area contributed by atoms with E-state index in [4.69, 9.17) is 4.52 Å². The standard InChI is InChI=1S/C13H18N2O/c1-9-7-13(16-15-9)11-5-4-10-3-2-6-14-12(10)8-11/h7-8,10,12,14H,2-6H2,1H3/t10-,12+/m0/s1. The molecule has 0 amide bonds. The summed E-state index contributed by atoms with van der Waals surface area (Å²) in [6, 6.07) is 2.59. The third-order valence-corrected chi connectivity index (χ3v) is 3.75. The molecule has 0 radical (unpaired) electrons. The van der Waals surface area contributed by atoms with Crippen molar-refractivity contribution >= 4 is 5.57 Å². The lowest BCUT2D eigenvalue weighted by Gasteiger charge is -2.34. The van der Waals surface area contributed by atoms with Crippen molar-refractivity contribution in [3.8, 4) is 0 Å². The lowest BCUT2D eigenvalue weighted by molar-refractivity contribution is 0.296. The molecule has 0 spiro atoms. The van der Waals surface area contributed by atoms with E-state index in [0.29, 0.717) is 6.04 Å². The van der Waals surface area contributed by atoms with Crippen LogP contribution >= 0.6 is 0 Å². The SMILES string of the molecule is Cc1cc(C2=C[C@H]3NCCC[C@H]3CC2)on1. The van der Waals surface area contributed by atoms with Crippen LogP contribution in [0.25, 0.3) is 5.57 Å². The van der Waals surface area contributed by atoms with Gasteiger partial charge >= 0.3 is 0 Å². The van der Waals surface area contributed by atoms with Gasteiger partial charge in [0.1, 0.15) is 0 Å². The Kier molecular flexibility index (Phi) is 2.56. The average Bonchev–Trinajstić information content (AvgIpc) is 2.75. The zero-order valence-corrected chi connectivity index (χ0v) is 9.70. The first kappa shape index (κ1) is 10.1. The van der Waals surface area contributed by atoms with Crippen LogP contribution in [0, 0.1) is 12.8 Å². The zero-order valence-electron chi connectivity index (χ0n) is 9.70. The fourth-order valence-corrected chi connectivity index (χ4v) is 2.86. The average molecular weight is 218 g/mol. The molecule has 0 bridgehead atoms. The van der Waals surface area contributed by atoms with Crippen LogP contribution in [0.4, 0.5) is 0 Å². The number of hydrogen-bond donors (Lipinski definition) is 1. The van der Waals surface area contributed by atoms with E-state index in [1.165, 1.54) is 24.8 Å². The van der Waals surface area contributed by atoms with Crippen molar-refractivity contribution in [1.82, 2.24) is 10.5 Å². The van der Waals surface area contributed by atoms with Gasteiger partial charge in [0.15, 0.2) is 5.76 Å². The zero-order chi connectivity index (χ0) is 11.0. The van der Waals surface area contributed by atoms with E-state index in [2.05, 4.69) is 16.5 Å². The molecule has 1 fully saturated rings. The second kappa shape index (κ2) is 4.06. The Morgan fingerprint density at radius 3 is 3.19 bits per heavy atom. The molecule has 1 saturated heterocycles. The first-order valence-corrected chi connectivity index (χ1v) is 6.21. The minimum absolute atomic E-state index is 0.558. The molecule has 1 aliphatic carbocycles. The smallest absolute Gasteiger partial charge is 0.162 e. The van der Waals surface area contributed by atoms with Gasteiger partial charge in [-0.2, -0.15) is 0 Å². The highest BCUT2D eigenvalue weighted by Gasteiger charge is 2.28. The summed E-state index contributed by atoms with van der Waals surface area (Å²) >= 11 is 0. The molecule has 0 saturated carbocycles. The summed E-state index contributed by atoms with van der Waals surface area (Å²) in [6.07, 6.45) is 7.47. The molecular formula is C13H18N2O. The van der Waals surface area contributed by atoms with Gasteiger partial charge in [0.25, 0.3) is 0 Å². The summed E-state index contributed by atoms with van der Waals surface area (Å²) in [6.45, 7) is 3.12. The maximum atomic E-state index is 5.34. The number of nitrogens with one attached hydrogen (secondary N) is 1. The number of allylic oxidation sites excluding steroid dienone is 1. The molecule has 1 aromatic rings. The number of aryl methyl sites for hydroxylation is 1. The number of fused-ring (bicyclic) bond motifs is 1. The molecule has 16 heavy (non-hydrogen) atoms. The van der Waals surface area contributed by atoms with Crippen LogP contribution < -0.4 is 5.32 Å². The highest BCUT2D eigenvalue weighted by Crippen LogP contribution is 2.34. The van der Waals surface area contributed by atoms with Crippen molar-refractivity contribution in [3.05, 3.63) is 23.6 Å². The molecule has 0 unspecified atom stereocenters. The summed E-state index contributed by atoms with van der Waals surface area (Å²) in [5.74, 6) is 1.80. The Bertz CT molecular complexity index is 408. The van der Waals surface area contributed by atoms with Crippen molar-refractivity contribution < 1.29 is 4.52 Å². The van der Waals surface area contributed by atoms with E-state index in [-0.39, 0.29) is 0 Å². The molecule has 3 nitrogen and oxygen atoms in total. The summed E-state index contributed by atoms with van der Waals surface area (Å²) in [5, 5.41) is 7.55. The van der Waals surface area contributed by atoms with Crippen LogP contribution in [0.1, 0.15) is 37.1 Å². The van der Waals surface area contributed by atoms with Gasteiger partial charge < -0.3 is 9.84 Å². The second-order valence-corrected chi connectivity index (χ2v) is 4.95. The molecule has 86 valence electrons. The van der Waals surface area contributed by atoms with Gasteiger partial charge in [-0.05, 0) is 50.6 Å². The van der Waals surface area contributed by atoms with E-state index in [1.54, 1.807) is 0 Å². The monoisotopic (exact) mass is 218 g/mol. The third-order valence-electron chi connectivity index (χ3n) is 3.75. The van der Waals surface area contributed by atoms with Gasteiger partial charge in [-0.15, -0.1) is 0 Å². The maximum absolute atomic E-state index is 5.34. The molecular weight excluding hydrogens is 200 g/mol. The lowest BCUT2D eigenvalue weighted by atomic mass is 9.80. The summed E-state index contributed by atoms with van der Waals surface area (Å²) < 4.78 is 5.34. The van der Waals surface area contributed by atoms with Crippen molar-refractivity contribution in [3.63, 3.8) is 0 Å². The number of hydrogen-bond acceptors (Lipinski definition) is 3. The predicted molar refractivity (Wildman–Crippen MR) is 63.0 cm³/mol. The van der Waals surface area contributed by atoms with Crippen molar-refractivity contribution in [2.24, 2.45) is 5.92 Å². The highest BCUT2D eigenvalue weighted by molar-refractivity contribution is 5.63. The van der Waals surface area contributed by atoms with E-state index in [9.17, 15) is 0 Å². The predicted octanol–water partition coefficient (Wildman–Crippen LogP) is 2.53. The van der Waals surface area contributed by atoms with Crippen LogP contribution in [0.2, 0.25) is 0 Å². The fraction of sp³-hybridized carbons (Fsp3) is 0.615. The number of rotatable bonds is 1. The third kappa shape index (κ3) is 1.80. The molecule has 1 N–H and O–H groups in total. The lowest BCUT2D eigenvalue weighted by Crippen LogP contribution is -2.41. The Morgan fingerprint density at radius 2 is 2.38 bits per heavy atom. The quantitative estimate of drug-likeness (QED) is 0.787. The number of piperidine rings is 1. The number of nitrogens with zero attached hydrogens (tertiary/aromatic N) is 1. The van der Waals surface area contributed by atoms with Gasteiger partial charge in [-0.3, -0.25) is 0 Å². The van der Waals surface area contributed by atoms with E-state index >= 15 is 0 Å². The Labute approximate surface area is 95.9 Å². The molecule has 3 heteroatoms. The Hall–Kier alpha value is -1.09. The normalized spacial score (nSPS) is 29.7. The van der Waals surface area contributed by atoms with Crippen LogP contribution in [0.15, 0.2) is 16.7 Å². The maximum Gasteiger partial charge on any atom is 0.162 e. The van der Waals surface area contributed by atoms with Gasteiger partial charge in [-0.1, -0.05) is 11.2 Å². The molecule has 3 rings (SSSR count). The fourth-order valence-electron chi connectivity index (χ4n) is 2.86. The van der Waals surface area contributed by atoms with E-state index in [0.717, 1.165) is 30.3 Å². The van der Waals surface area contributed by atoms with E-state index in [1.807, 2.05) is 13.0 Å². The van der Waals surface area contributed by atoms with Gasteiger partial charge in [0.05, 0.1) is 5.69 Å². The molecule has 2 heterocycles. The van der Waals surface area contributed by atoms with Crippen LogP contribution in [-0.2, 0) is 0 Å². The van der Waals surface area contributed by atoms with Crippen LogP contribution in [0.5, 0.6) is 0 Å². The highest BCUT2D eigenvalue weighted by atomic mass is 16.5.